The van der Waals surface area contributed by atoms with Gasteiger partial charge < -0.3 is 9.63 Å². The number of carbonyl (C=O) groups is 2. The monoisotopic (exact) mass is 511 g/mol. The van der Waals surface area contributed by atoms with E-state index in [9.17, 15) is 14.7 Å². The molecule has 3 heterocycles. The highest BCUT2D eigenvalue weighted by atomic mass is 32.1. The number of benzene rings is 3. The Kier molecular flexibility index (Phi) is 5.74. The number of amides is 2. The number of fused-ring (bicyclic) bond motifs is 1. The van der Waals surface area contributed by atoms with Gasteiger partial charge in [-0.15, -0.1) is 11.3 Å². The highest BCUT2D eigenvalue weighted by Gasteiger charge is 2.40. The number of nitrogens with zero attached hydrogens (tertiary/aromatic N) is 4. The molecule has 9 nitrogen and oxygen atoms in total. The Hall–Kier alpha value is -4.41. The molecule has 0 radical (unpaired) electrons. The van der Waals surface area contributed by atoms with Crippen LogP contribution in [0, 0.1) is 6.92 Å². The van der Waals surface area contributed by atoms with Crippen LogP contribution >= 0.6 is 11.3 Å². The molecule has 184 valence electrons. The third kappa shape index (κ3) is 4.26. The van der Waals surface area contributed by atoms with Crippen molar-refractivity contribution >= 4 is 39.1 Å². The van der Waals surface area contributed by atoms with Crippen LogP contribution in [0.4, 0.5) is 5.69 Å². The lowest BCUT2D eigenvalue weighted by Crippen LogP contribution is -2.43. The van der Waals surface area contributed by atoms with Crippen LogP contribution in [-0.2, 0) is 16.1 Å². The van der Waals surface area contributed by atoms with Gasteiger partial charge in [-0.25, -0.2) is 9.88 Å². The normalized spacial score (nSPS) is 15.7. The minimum atomic E-state index is -0.766. The molecule has 1 aliphatic heterocycles. The number of thiazole rings is 1. The number of para-hydroxylation sites is 1. The Bertz CT molecular complexity index is 1630. The molecule has 1 aliphatic rings. The molecule has 37 heavy (non-hydrogen) atoms. The first-order chi connectivity index (χ1) is 18.0. The molecule has 0 spiro atoms. The molecule has 1 atom stereocenters. The maximum absolute atomic E-state index is 13.1. The van der Waals surface area contributed by atoms with Gasteiger partial charge in [0.15, 0.2) is 5.95 Å². The van der Waals surface area contributed by atoms with Crippen molar-refractivity contribution in [3.05, 3.63) is 84.1 Å². The third-order valence-corrected chi connectivity index (χ3v) is 7.34. The lowest BCUT2D eigenvalue weighted by molar-refractivity contribution is -0.677. The Morgan fingerprint density at radius 2 is 1.89 bits per heavy atom. The van der Waals surface area contributed by atoms with E-state index in [4.69, 9.17) is 9.51 Å². The predicted molar refractivity (Wildman–Crippen MR) is 135 cm³/mol. The summed E-state index contributed by atoms with van der Waals surface area (Å²) in [6.07, 6.45) is -0.0113. The van der Waals surface area contributed by atoms with Crippen LogP contribution < -0.4 is 20.0 Å². The summed E-state index contributed by atoms with van der Waals surface area (Å²) in [6.45, 7) is 2.07. The minimum absolute atomic E-state index is 0.0113. The summed E-state index contributed by atoms with van der Waals surface area (Å²) in [4.78, 5) is 31.8. The summed E-state index contributed by atoms with van der Waals surface area (Å²) in [6, 6.07) is 21.7. The van der Waals surface area contributed by atoms with Gasteiger partial charge in [0, 0.05) is 17.7 Å². The maximum atomic E-state index is 13.1. The topological polar surface area (TPSA) is 115 Å². The molecule has 2 aromatic heterocycles. The van der Waals surface area contributed by atoms with E-state index in [1.807, 2.05) is 49.4 Å². The van der Waals surface area contributed by atoms with E-state index in [0.29, 0.717) is 11.4 Å². The summed E-state index contributed by atoms with van der Waals surface area (Å²) in [5.74, 6) is -1.29. The molecular formula is C27H21N5O4S. The van der Waals surface area contributed by atoms with E-state index in [1.54, 1.807) is 35.6 Å². The molecular weight excluding hydrogens is 490 g/mol. The van der Waals surface area contributed by atoms with Gasteiger partial charge in [-0.1, -0.05) is 24.3 Å². The standard InChI is InChI=1S/C27H21N5O4S/c1-16-7-12-20-23(13-16)37-25(29-20)17-8-10-18(11-9-17)31-24(33)14-21(26(31)34)28-15-22-27(35)36-30-32(22)19-5-3-2-4-6-19/h2-13,21,28H,14-15H2,1H3. The number of aryl methyl sites for hydroxylation is 1. The smallest absolute Gasteiger partial charge is 0.253 e. The summed E-state index contributed by atoms with van der Waals surface area (Å²) in [5, 5.41) is 19.9. The average Bonchev–Trinajstić information content (AvgIpc) is 3.58. The summed E-state index contributed by atoms with van der Waals surface area (Å²) >= 11 is 1.60. The molecule has 10 heteroatoms. The first kappa shape index (κ1) is 23.0. The zero-order chi connectivity index (χ0) is 25.5. The minimum Gasteiger partial charge on any atom is -0.539 e. The lowest BCUT2D eigenvalue weighted by Gasteiger charge is -2.15. The fraction of sp³-hybridized carbons (Fsp3) is 0.148. The van der Waals surface area contributed by atoms with Gasteiger partial charge in [0.2, 0.25) is 11.6 Å². The van der Waals surface area contributed by atoms with Crippen LogP contribution in [0.2, 0.25) is 0 Å². The van der Waals surface area contributed by atoms with Crippen molar-refractivity contribution < 1.29 is 23.9 Å². The average molecular weight is 512 g/mol. The number of rotatable bonds is 6. The summed E-state index contributed by atoms with van der Waals surface area (Å²) < 4.78 is 7.32. The zero-order valence-corrected chi connectivity index (χ0v) is 20.6. The quantitative estimate of drug-likeness (QED) is 0.275. The highest BCUT2D eigenvalue weighted by Crippen LogP contribution is 2.32. The fourth-order valence-electron chi connectivity index (χ4n) is 4.38. The lowest BCUT2D eigenvalue weighted by atomic mass is 10.2. The predicted octanol–water partition coefficient (Wildman–Crippen LogP) is 3.03. The molecule has 6 rings (SSSR count). The Balaban J connectivity index is 1.18. The van der Waals surface area contributed by atoms with Crippen molar-refractivity contribution in [3.63, 3.8) is 0 Å². The second-order valence-corrected chi connectivity index (χ2v) is 9.83. The van der Waals surface area contributed by atoms with Crippen molar-refractivity contribution in [1.29, 1.82) is 0 Å². The van der Waals surface area contributed by atoms with E-state index >= 15 is 0 Å². The Labute approximate surface area is 215 Å². The molecule has 3 aromatic carbocycles. The van der Waals surface area contributed by atoms with Gasteiger partial charge in [-0.05, 0) is 53.6 Å². The first-order valence-corrected chi connectivity index (χ1v) is 12.5. The van der Waals surface area contributed by atoms with Crippen molar-refractivity contribution in [3.8, 4) is 22.2 Å². The fourth-order valence-corrected chi connectivity index (χ4v) is 5.45. The van der Waals surface area contributed by atoms with Crippen molar-refractivity contribution in [2.75, 3.05) is 4.90 Å². The number of hydrogen-bond donors (Lipinski definition) is 1. The number of imide groups is 1. The van der Waals surface area contributed by atoms with Crippen LogP contribution in [0.3, 0.4) is 0 Å². The summed E-state index contributed by atoms with van der Waals surface area (Å²) in [5.41, 5.74) is 4.42. The zero-order valence-electron chi connectivity index (χ0n) is 19.7. The number of anilines is 1. The van der Waals surface area contributed by atoms with Gasteiger partial charge in [0.25, 0.3) is 11.6 Å². The van der Waals surface area contributed by atoms with Crippen molar-refractivity contribution in [1.82, 2.24) is 15.6 Å². The van der Waals surface area contributed by atoms with E-state index < -0.39 is 12.0 Å². The molecule has 1 saturated heterocycles. The van der Waals surface area contributed by atoms with E-state index in [1.165, 1.54) is 15.1 Å². The van der Waals surface area contributed by atoms with Crippen molar-refractivity contribution in [2.24, 2.45) is 0 Å². The van der Waals surface area contributed by atoms with Gasteiger partial charge in [-0.2, -0.15) is 0 Å². The van der Waals surface area contributed by atoms with Crippen molar-refractivity contribution in [2.45, 2.75) is 25.9 Å². The van der Waals surface area contributed by atoms with E-state index in [0.717, 1.165) is 20.8 Å². The summed E-state index contributed by atoms with van der Waals surface area (Å²) in [7, 11) is 0. The van der Waals surface area contributed by atoms with Gasteiger partial charge >= 0.3 is 0 Å². The number of nitrogens with one attached hydrogen (secondary N) is 1. The van der Waals surface area contributed by atoms with E-state index in [2.05, 4.69) is 16.7 Å². The molecule has 5 aromatic rings. The Morgan fingerprint density at radius 1 is 1.11 bits per heavy atom. The number of aromatic nitrogens is 3. The molecule has 0 aliphatic carbocycles. The SMILES string of the molecule is Cc1ccc2nc(-c3ccc(N4C(=O)CC(NCc5c([O-])on[n+]5-c5ccccc5)C4=O)cc3)sc2c1. The van der Waals surface area contributed by atoms with Gasteiger partial charge in [-0.3, -0.25) is 14.9 Å². The van der Waals surface area contributed by atoms with Crippen LogP contribution in [0.5, 0.6) is 5.95 Å². The molecule has 1 unspecified atom stereocenters. The molecule has 0 bridgehead atoms. The molecule has 1 fully saturated rings. The highest BCUT2D eigenvalue weighted by molar-refractivity contribution is 7.21. The Morgan fingerprint density at radius 3 is 2.68 bits per heavy atom. The van der Waals surface area contributed by atoms with Gasteiger partial charge in [0.1, 0.15) is 5.01 Å². The maximum Gasteiger partial charge on any atom is 0.253 e. The second kappa shape index (κ2) is 9.23. The number of hydrogen-bond acceptors (Lipinski definition) is 8. The van der Waals surface area contributed by atoms with Crippen LogP contribution in [0.1, 0.15) is 17.7 Å². The van der Waals surface area contributed by atoms with Crippen LogP contribution in [0.15, 0.2) is 77.3 Å². The second-order valence-electron chi connectivity index (χ2n) is 8.80. The van der Waals surface area contributed by atoms with Gasteiger partial charge in [0.05, 0.1) is 40.2 Å². The largest absolute Gasteiger partial charge is 0.539 e. The molecule has 0 saturated carbocycles. The molecule has 2 amide bonds. The first-order valence-electron chi connectivity index (χ1n) is 11.7. The van der Waals surface area contributed by atoms with Crippen LogP contribution in [-0.4, -0.2) is 28.1 Å². The third-order valence-electron chi connectivity index (χ3n) is 6.28. The molecule has 1 N–H and O–H groups in total. The number of carbonyl (C=O) groups excluding carboxylic acids is 2. The van der Waals surface area contributed by atoms with E-state index in [-0.39, 0.29) is 30.5 Å². The van der Waals surface area contributed by atoms with Crippen LogP contribution in [0.25, 0.3) is 26.5 Å².